The minimum Gasteiger partial charge on any atom is -0.440 e. The van der Waals surface area contributed by atoms with Crippen LogP contribution in [0.1, 0.15) is 40.3 Å². The van der Waals surface area contributed by atoms with Gasteiger partial charge in [-0.3, -0.25) is 4.79 Å². The number of rotatable bonds is 5. The molecule has 5 nitrogen and oxygen atoms in total. The van der Waals surface area contributed by atoms with Crippen LogP contribution in [0.15, 0.2) is 27.0 Å². The van der Waals surface area contributed by atoms with Gasteiger partial charge in [-0.1, -0.05) is 17.8 Å². The molecule has 0 saturated heterocycles. The number of Topliss-reactive ketones (excluding diaryl/α,β-unsaturated/α-hetero) is 1. The van der Waals surface area contributed by atoms with Crippen molar-refractivity contribution in [3.63, 3.8) is 0 Å². The molecule has 0 saturated carbocycles. The highest BCUT2D eigenvalue weighted by molar-refractivity contribution is 7.98. The lowest BCUT2D eigenvalue weighted by atomic mass is 10.2. The molecule has 3 aromatic rings. The van der Waals surface area contributed by atoms with Gasteiger partial charge in [-0.15, -0.1) is 11.3 Å². The van der Waals surface area contributed by atoms with Crippen LogP contribution in [0.3, 0.4) is 0 Å². The largest absolute Gasteiger partial charge is 0.440 e. The zero-order chi connectivity index (χ0) is 17.3. The molecule has 0 aliphatic heterocycles. The summed E-state index contributed by atoms with van der Waals surface area (Å²) < 4.78 is 5.76. The van der Waals surface area contributed by atoms with Gasteiger partial charge in [0.1, 0.15) is 16.6 Å². The van der Waals surface area contributed by atoms with Crippen LogP contribution in [0.25, 0.3) is 10.8 Å². The lowest BCUT2D eigenvalue weighted by molar-refractivity contribution is 0.101. The first-order valence-electron chi connectivity index (χ1n) is 7.45. The molecule has 3 heterocycles. The Labute approximate surface area is 148 Å². The molecular weight excluding hydrogens is 342 g/mol. The molecule has 24 heavy (non-hydrogen) atoms. The normalized spacial score (nSPS) is 11.0. The molecule has 0 atom stereocenters. The van der Waals surface area contributed by atoms with Crippen LogP contribution >= 0.6 is 23.1 Å². The van der Waals surface area contributed by atoms with Gasteiger partial charge in [-0.2, -0.15) is 0 Å². The number of hydrogen-bond acceptors (Lipinski definition) is 7. The molecule has 3 rings (SSSR count). The molecule has 0 radical (unpaired) electrons. The second-order valence-corrected chi connectivity index (χ2v) is 7.29. The summed E-state index contributed by atoms with van der Waals surface area (Å²) in [5, 5.41) is 2.70. The van der Waals surface area contributed by atoms with E-state index in [2.05, 4.69) is 15.0 Å². The van der Waals surface area contributed by atoms with Crippen molar-refractivity contribution in [3.8, 4) is 10.8 Å². The summed E-state index contributed by atoms with van der Waals surface area (Å²) in [6, 6.07) is 3.96. The average Bonchev–Trinajstić information content (AvgIpc) is 3.13. The summed E-state index contributed by atoms with van der Waals surface area (Å²) in [6.45, 7) is 7.12. The highest BCUT2D eigenvalue weighted by Crippen LogP contribution is 2.30. The number of carbonyl (C=O) groups excluding carboxylic acids is 1. The van der Waals surface area contributed by atoms with Crippen LogP contribution in [0, 0.1) is 20.8 Å². The highest BCUT2D eigenvalue weighted by atomic mass is 32.2. The van der Waals surface area contributed by atoms with Crippen molar-refractivity contribution in [2.24, 2.45) is 0 Å². The molecule has 0 bridgehead atoms. The van der Waals surface area contributed by atoms with Crippen molar-refractivity contribution < 1.29 is 9.21 Å². The number of ketones is 1. The summed E-state index contributed by atoms with van der Waals surface area (Å²) in [7, 11) is 0. The fourth-order valence-corrected chi connectivity index (χ4v) is 4.22. The van der Waals surface area contributed by atoms with Gasteiger partial charge in [0.15, 0.2) is 5.78 Å². The number of oxazole rings is 1. The number of thiophene rings is 1. The molecule has 0 aromatic carbocycles. The third kappa shape index (κ3) is 3.42. The fourth-order valence-electron chi connectivity index (χ4n) is 2.40. The highest BCUT2D eigenvalue weighted by Gasteiger charge is 2.17. The minimum atomic E-state index is -0.0221. The van der Waals surface area contributed by atoms with Crippen LogP contribution in [0.4, 0.5) is 0 Å². The molecule has 124 valence electrons. The summed E-state index contributed by atoms with van der Waals surface area (Å²) in [5.41, 5.74) is 2.17. The van der Waals surface area contributed by atoms with Gasteiger partial charge in [0.25, 0.3) is 0 Å². The zero-order valence-electron chi connectivity index (χ0n) is 13.9. The number of aromatic nitrogens is 3. The van der Waals surface area contributed by atoms with Gasteiger partial charge in [-0.05, 0) is 39.1 Å². The molecule has 0 aliphatic carbocycles. The fraction of sp³-hybridized carbons (Fsp3) is 0.294. The predicted octanol–water partition coefficient (Wildman–Crippen LogP) is 4.61. The van der Waals surface area contributed by atoms with E-state index >= 15 is 0 Å². The molecule has 0 aliphatic rings. The second kappa shape index (κ2) is 6.86. The van der Waals surface area contributed by atoms with E-state index in [0.717, 1.165) is 16.3 Å². The monoisotopic (exact) mass is 359 g/mol. The van der Waals surface area contributed by atoms with Crippen LogP contribution in [0.5, 0.6) is 0 Å². The van der Waals surface area contributed by atoms with E-state index in [-0.39, 0.29) is 5.78 Å². The Balaban J connectivity index is 1.85. The Kier molecular flexibility index (Phi) is 4.82. The van der Waals surface area contributed by atoms with Gasteiger partial charge < -0.3 is 4.42 Å². The third-order valence-corrected chi connectivity index (χ3v) is 5.34. The molecule has 0 unspecified atom stereocenters. The summed E-state index contributed by atoms with van der Waals surface area (Å²) in [5.74, 6) is 2.66. The SMILES string of the molecule is CC(=O)c1c(C)nc(C)nc1SCc1nc(-c2cccs2)oc1C. The number of carbonyl (C=O) groups is 1. The molecule has 3 aromatic heterocycles. The van der Waals surface area contributed by atoms with Gasteiger partial charge in [0.2, 0.25) is 5.89 Å². The summed E-state index contributed by atoms with van der Waals surface area (Å²) in [4.78, 5) is 26.2. The Hall–Kier alpha value is -1.99. The van der Waals surface area contributed by atoms with E-state index in [1.54, 1.807) is 18.3 Å². The number of thioether (sulfide) groups is 1. The standard InChI is InChI=1S/C17H17N3O2S2/c1-9-15(10(2)21)17(19-12(4)18-9)24-8-13-11(3)22-16(20-13)14-6-5-7-23-14/h5-7H,8H2,1-4H3. The van der Waals surface area contributed by atoms with E-state index in [9.17, 15) is 4.79 Å². The van der Waals surface area contributed by atoms with Gasteiger partial charge in [-0.25, -0.2) is 15.0 Å². The van der Waals surface area contributed by atoms with E-state index in [4.69, 9.17) is 4.42 Å². The van der Waals surface area contributed by atoms with Crippen molar-refractivity contribution in [2.75, 3.05) is 0 Å². The van der Waals surface area contributed by atoms with Crippen LogP contribution < -0.4 is 0 Å². The zero-order valence-corrected chi connectivity index (χ0v) is 15.5. The van der Waals surface area contributed by atoms with E-state index in [0.29, 0.717) is 33.8 Å². The number of aryl methyl sites for hydroxylation is 3. The van der Waals surface area contributed by atoms with Crippen LogP contribution in [-0.4, -0.2) is 20.7 Å². The smallest absolute Gasteiger partial charge is 0.236 e. The molecule has 7 heteroatoms. The van der Waals surface area contributed by atoms with E-state index in [1.165, 1.54) is 11.8 Å². The maximum absolute atomic E-state index is 11.9. The third-order valence-electron chi connectivity index (χ3n) is 3.49. The van der Waals surface area contributed by atoms with Gasteiger partial charge >= 0.3 is 0 Å². The summed E-state index contributed by atoms with van der Waals surface area (Å²) in [6.07, 6.45) is 0. The van der Waals surface area contributed by atoms with E-state index in [1.807, 2.05) is 38.3 Å². The number of hydrogen-bond donors (Lipinski definition) is 0. The molecule has 0 fully saturated rings. The van der Waals surface area contributed by atoms with Crippen molar-refractivity contribution >= 4 is 28.9 Å². The molecule has 0 N–H and O–H groups in total. The quantitative estimate of drug-likeness (QED) is 0.376. The maximum Gasteiger partial charge on any atom is 0.236 e. The Morgan fingerprint density at radius 2 is 2.04 bits per heavy atom. The van der Waals surface area contributed by atoms with Crippen molar-refractivity contribution in [1.29, 1.82) is 0 Å². The average molecular weight is 359 g/mol. The van der Waals surface area contributed by atoms with Gasteiger partial charge in [0, 0.05) is 5.75 Å². The lowest BCUT2D eigenvalue weighted by Gasteiger charge is -2.08. The first-order chi connectivity index (χ1) is 11.5. The second-order valence-electron chi connectivity index (χ2n) is 5.38. The van der Waals surface area contributed by atoms with Crippen molar-refractivity contribution in [1.82, 2.24) is 15.0 Å². The van der Waals surface area contributed by atoms with Crippen LogP contribution in [0.2, 0.25) is 0 Å². The van der Waals surface area contributed by atoms with E-state index < -0.39 is 0 Å². The molecule has 0 spiro atoms. The van der Waals surface area contributed by atoms with Gasteiger partial charge in [0.05, 0.1) is 21.8 Å². The lowest BCUT2D eigenvalue weighted by Crippen LogP contribution is -2.06. The van der Waals surface area contributed by atoms with Crippen LogP contribution in [-0.2, 0) is 5.75 Å². The van der Waals surface area contributed by atoms with Crippen molar-refractivity contribution in [3.05, 3.63) is 46.0 Å². The molecular formula is C17H17N3O2S2. The minimum absolute atomic E-state index is 0.0221. The Morgan fingerprint density at radius 3 is 2.71 bits per heavy atom. The molecule has 0 amide bonds. The summed E-state index contributed by atoms with van der Waals surface area (Å²) >= 11 is 3.08. The Morgan fingerprint density at radius 1 is 1.25 bits per heavy atom. The maximum atomic E-state index is 11.9. The predicted molar refractivity (Wildman–Crippen MR) is 95.6 cm³/mol. The van der Waals surface area contributed by atoms with Crippen molar-refractivity contribution in [2.45, 2.75) is 38.5 Å². The first kappa shape index (κ1) is 16.9. The Bertz CT molecular complexity index is 886. The topological polar surface area (TPSA) is 68.9 Å². The first-order valence-corrected chi connectivity index (χ1v) is 9.31. The number of nitrogens with zero attached hydrogens (tertiary/aromatic N) is 3.